The van der Waals surface area contributed by atoms with Gasteiger partial charge in [0.25, 0.3) is 5.89 Å². The van der Waals surface area contributed by atoms with Crippen LogP contribution < -0.4 is 4.72 Å². The molecule has 1 aromatic heterocycles. The first-order valence-corrected chi connectivity index (χ1v) is 7.23. The molecule has 0 radical (unpaired) electrons. The lowest BCUT2D eigenvalue weighted by Crippen LogP contribution is -2.30. The summed E-state index contributed by atoms with van der Waals surface area (Å²) in [5, 5.41) is 3.69. The minimum atomic E-state index is -3.17. The van der Waals surface area contributed by atoms with E-state index in [0.717, 1.165) is 19.1 Å². The Kier molecular flexibility index (Phi) is 3.45. The van der Waals surface area contributed by atoms with Crippen LogP contribution in [0.15, 0.2) is 4.52 Å². The molecule has 2 rings (SSSR count). The lowest BCUT2D eigenvalue weighted by Gasteiger charge is -2.11. The van der Waals surface area contributed by atoms with Gasteiger partial charge in [0.1, 0.15) is 6.10 Å². The highest BCUT2D eigenvalue weighted by Gasteiger charge is 2.30. The van der Waals surface area contributed by atoms with Crippen LogP contribution in [0, 0.1) is 6.92 Å². The van der Waals surface area contributed by atoms with Crippen LogP contribution in [-0.2, 0) is 14.8 Å². The molecule has 1 fully saturated rings. The molecule has 17 heavy (non-hydrogen) atoms. The number of rotatable bonds is 4. The second-order valence-electron chi connectivity index (χ2n) is 4.12. The zero-order valence-corrected chi connectivity index (χ0v) is 10.5. The van der Waals surface area contributed by atoms with Crippen molar-refractivity contribution in [3.63, 3.8) is 0 Å². The lowest BCUT2D eigenvalue weighted by molar-refractivity contribution is 0.0290. The number of hydrogen-bond donors (Lipinski definition) is 1. The standard InChI is InChI=1S/C9H15N3O4S/c1-6-11-9(16-12-6)8-4-3-7(15-8)5-10-17(2,13)14/h7-8,10H,3-5H2,1-2H3. The number of ether oxygens (including phenoxy) is 1. The van der Waals surface area contributed by atoms with E-state index >= 15 is 0 Å². The van der Waals surface area contributed by atoms with Crippen LogP contribution in [0.1, 0.15) is 30.7 Å². The molecule has 2 unspecified atom stereocenters. The molecule has 96 valence electrons. The average molecular weight is 261 g/mol. The Bertz CT molecular complexity index is 484. The summed E-state index contributed by atoms with van der Waals surface area (Å²) in [7, 11) is -3.17. The third kappa shape index (κ3) is 3.48. The van der Waals surface area contributed by atoms with Gasteiger partial charge < -0.3 is 9.26 Å². The predicted molar refractivity (Wildman–Crippen MR) is 58.7 cm³/mol. The maximum Gasteiger partial charge on any atom is 0.255 e. The monoisotopic (exact) mass is 261 g/mol. The topological polar surface area (TPSA) is 94.3 Å². The molecule has 2 heterocycles. The minimum Gasteiger partial charge on any atom is -0.364 e. The minimum absolute atomic E-state index is 0.137. The molecular weight excluding hydrogens is 246 g/mol. The van der Waals surface area contributed by atoms with Gasteiger partial charge >= 0.3 is 0 Å². The number of nitrogens with zero attached hydrogens (tertiary/aromatic N) is 2. The van der Waals surface area contributed by atoms with Gasteiger partial charge in [0.15, 0.2) is 5.82 Å². The molecular formula is C9H15N3O4S. The second-order valence-corrected chi connectivity index (χ2v) is 5.96. The fraction of sp³-hybridized carbons (Fsp3) is 0.778. The molecule has 0 spiro atoms. The third-order valence-corrected chi connectivity index (χ3v) is 3.19. The van der Waals surface area contributed by atoms with Crippen LogP contribution in [0.3, 0.4) is 0 Å². The molecule has 1 aliphatic heterocycles. The van der Waals surface area contributed by atoms with Gasteiger partial charge in [-0.05, 0) is 19.8 Å². The summed E-state index contributed by atoms with van der Waals surface area (Å²) in [5.41, 5.74) is 0. The molecule has 7 nitrogen and oxygen atoms in total. The van der Waals surface area contributed by atoms with E-state index in [9.17, 15) is 8.42 Å². The van der Waals surface area contributed by atoms with Crippen molar-refractivity contribution < 1.29 is 17.7 Å². The van der Waals surface area contributed by atoms with E-state index in [4.69, 9.17) is 9.26 Å². The Morgan fingerprint density at radius 3 is 2.82 bits per heavy atom. The molecule has 1 aliphatic rings. The Hall–Kier alpha value is -0.990. The van der Waals surface area contributed by atoms with Crippen molar-refractivity contribution in [2.24, 2.45) is 0 Å². The highest BCUT2D eigenvalue weighted by Crippen LogP contribution is 2.31. The largest absolute Gasteiger partial charge is 0.364 e. The fourth-order valence-corrected chi connectivity index (χ4v) is 2.21. The van der Waals surface area contributed by atoms with Crippen molar-refractivity contribution in [2.75, 3.05) is 12.8 Å². The summed E-state index contributed by atoms with van der Waals surface area (Å²) in [5.74, 6) is 1.03. The van der Waals surface area contributed by atoms with E-state index in [2.05, 4.69) is 14.9 Å². The quantitative estimate of drug-likeness (QED) is 0.829. The molecule has 2 atom stereocenters. The van der Waals surface area contributed by atoms with Crippen LogP contribution in [0.5, 0.6) is 0 Å². The van der Waals surface area contributed by atoms with Gasteiger partial charge in [-0.1, -0.05) is 5.16 Å². The summed E-state index contributed by atoms with van der Waals surface area (Å²) < 4.78 is 34.9. The van der Waals surface area contributed by atoms with Crippen LogP contribution in [0.4, 0.5) is 0 Å². The second kappa shape index (κ2) is 4.71. The van der Waals surface area contributed by atoms with Gasteiger partial charge in [-0.15, -0.1) is 0 Å². The van der Waals surface area contributed by atoms with Gasteiger partial charge in [-0.3, -0.25) is 0 Å². The number of hydrogen-bond acceptors (Lipinski definition) is 6. The maximum atomic E-state index is 10.9. The zero-order valence-electron chi connectivity index (χ0n) is 9.71. The first-order valence-electron chi connectivity index (χ1n) is 5.34. The van der Waals surface area contributed by atoms with Gasteiger partial charge in [0.05, 0.1) is 12.4 Å². The first kappa shape index (κ1) is 12.5. The van der Waals surface area contributed by atoms with Crippen molar-refractivity contribution >= 4 is 10.0 Å². The molecule has 0 aromatic carbocycles. The first-order chi connectivity index (χ1) is 7.94. The highest BCUT2D eigenvalue weighted by atomic mass is 32.2. The summed E-state index contributed by atoms with van der Waals surface area (Å²) in [4.78, 5) is 4.09. The van der Waals surface area contributed by atoms with Crippen molar-refractivity contribution in [3.05, 3.63) is 11.7 Å². The number of sulfonamides is 1. The fourth-order valence-electron chi connectivity index (χ4n) is 1.73. The molecule has 0 bridgehead atoms. The van der Waals surface area contributed by atoms with Crippen molar-refractivity contribution in [3.8, 4) is 0 Å². The predicted octanol–water partition coefficient (Wildman–Crippen LogP) is 0.147. The summed E-state index contributed by atoms with van der Waals surface area (Å²) in [6, 6.07) is 0. The lowest BCUT2D eigenvalue weighted by atomic mass is 10.2. The van der Waals surface area contributed by atoms with Crippen molar-refractivity contribution in [2.45, 2.75) is 32.0 Å². The number of aryl methyl sites for hydroxylation is 1. The molecule has 8 heteroatoms. The smallest absolute Gasteiger partial charge is 0.255 e. The van der Waals surface area contributed by atoms with Gasteiger partial charge in [0, 0.05) is 6.54 Å². The Morgan fingerprint density at radius 1 is 1.47 bits per heavy atom. The van der Waals surface area contributed by atoms with Gasteiger partial charge in [-0.2, -0.15) is 4.98 Å². The van der Waals surface area contributed by atoms with E-state index < -0.39 is 10.0 Å². The van der Waals surface area contributed by atoms with Crippen LogP contribution in [0.2, 0.25) is 0 Å². The van der Waals surface area contributed by atoms with Gasteiger partial charge in [0.2, 0.25) is 10.0 Å². The van der Waals surface area contributed by atoms with Gasteiger partial charge in [-0.25, -0.2) is 13.1 Å². The number of aromatic nitrogens is 2. The van der Waals surface area contributed by atoms with Crippen LogP contribution >= 0.6 is 0 Å². The van der Waals surface area contributed by atoms with E-state index in [1.807, 2.05) is 0 Å². The Balaban J connectivity index is 1.87. The van der Waals surface area contributed by atoms with Crippen LogP contribution in [0.25, 0.3) is 0 Å². The van der Waals surface area contributed by atoms with E-state index in [-0.39, 0.29) is 18.8 Å². The van der Waals surface area contributed by atoms with E-state index in [1.54, 1.807) is 6.92 Å². The summed E-state index contributed by atoms with van der Waals surface area (Å²) in [6.07, 6.45) is 2.30. The molecule has 1 N–H and O–H groups in total. The third-order valence-electron chi connectivity index (χ3n) is 2.50. The highest BCUT2D eigenvalue weighted by molar-refractivity contribution is 7.88. The molecule has 0 saturated carbocycles. The normalized spacial score (nSPS) is 25.3. The van der Waals surface area contributed by atoms with E-state index in [0.29, 0.717) is 11.7 Å². The number of nitrogens with one attached hydrogen (secondary N) is 1. The summed E-state index contributed by atoms with van der Waals surface area (Å²) in [6.45, 7) is 2.02. The zero-order chi connectivity index (χ0) is 12.5. The Labute approximate surface area is 99.6 Å². The molecule has 0 amide bonds. The SMILES string of the molecule is Cc1noc(C2CCC(CNS(C)(=O)=O)O2)n1. The van der Waals surface area contributed by atoms with Crippen molar-refractivity contribution in [1.29, 1.82) is 0 Å². The summed E-state index contributed by atoms with van der Waals surface area (Å²) >= 11 is 0. The van der Waals surface area contributed by atoms with E-state index in [1.165, 1.54) is 0 Å². The molecule has 1 aromatic rings. The van der Waals surface area contributed by atoms with Crippen LogP contribution in [-0.4, -0.2) is 37.5 Å². The average Bonchev–Trinajstić information content (AvgIpc) is 2.81. The Morgan fingerprint density at radius 2 is 2.24 bits per heavy atom. The maximum absolute atomic E-state index is 10.9. The van der Waals surface area contributed by atoms with Crippen molar-refractivity contribution in [1.82, 2.24) is 14.9 Å². The molecule has 0 aliphatic carbocycles. The molecule has 1 saturated heterocycles.